The molecule has 0 aliphatic heterocycles. The molecule has 0 aliphatic carbocycles. The summed E-state index contributed by atoms with van der Waals surface area (Å²) >= 11 is 6.20. The number of esters is 1. The summed E-state index contributed by atoms with van der Waals surface area (Å²) in [4.78, 5) is 23.2. The summed E-state index contributed by atoms with van der Waals surface area (Å²) in [6.07, 6.45) is 1.59. The Hall–Kier alpha value is -3.26. The van der Waals surface area contributed by atoms with E-state index in [1.807, 2.05) is 0 Å². The Balaban J connectivity index is 1.99. The lowest BCUT2D eigenvalue weighted by Gasteiger charge is -2.12. The first-order valence-corrected chi connectivity index (χ1v) is 8.86. The summed E-state index contributed by atoms with van der Waals surface area (Å²) in [6.45, 7) is -0.304. The van der Waals surface area contributed by atoms with Gasteiger partial charge in [0.25, 0.3) is 0 Å². The summed E-state index contributed by atoms with van der Waals surface area (Å²) in [5.74, 6) is 0.417. The van der Waals surface area contributed by atoms with Crippen LogP contribution in [0.4, 0.5) is 0 Å². The van der Waals surface area contributed by atoms with Crippen molar-refractivity contribution in [1.82, 2.24) is 5.43 Å². The number of ether oxygens (including phenoxy) is 4. The molecule has 154 valence electrons. The van der Waals surface area contributed by atoms with Crippen molar-refractivity contribution in [3.63, 3.8) is 0 Å². The Labute approximate surface area is 173 Å². The molecule has 8 nitrogen and oxygen atoms in total. The second-order valence-electron chi connectivity index (χ2n) is 5.72. The SMILES string of the molecule is COC(=O)COc1c(Cl)cc(/C=N\NC(=O)Cc2ccc(OC)cc2)cc1OC. The number of carbonyl (C=O) groups is 2. The van der Waals surface area contributed by atoms with E-state index in [4.69, 9.17) is 25.8 Å². The third-order valence-corrected chi connectivity index (χ3v) is 4.02. The third-order valence-electron chi connectivity index (χ3n) is 3.74. The molecule has 0 radical (unpaired) electrons. The van der Waals surface area contributed by atoms with Crippen molar-refractivity contribution in [2.45, 2.75) is 6.42 Å². The van der Waals surface area contributed by atoms with Gasteiger partial charge in [0.15, 0.2) is 18.1 Å². The summed E-state index contributed by atoms with van der Waals surface area (Å²) < 4.78 is 20.2. The second kappa shape index (κ2) is 10.9. The number of nitrogens with one attached hydrogen (secondary N) is 1. The normalized spacial score (nSPS) is 10.5. The average molecular weight is 421 g/mol. The lowest BCUT2D eigenvalue weighted by molar-refractivity contribution is -0.142. The molecular weight excluding hydrogens is 400 g/mol. The number of rotatable bonds is 9. The number of carbonyl (C=O) groups excluding carboxylic acids is 2. The highest BCUT2D eigenvalue weighted by atomic mass is 35.5. The van der Waals surface area contributed by atoms with Crippen molar-refractivity contribution >= 4 is 29.7 Å². The minimum atomic E-state index is -0.548. The smallest absolute Gasteiger partial charge is 0.343 e. The van der Waals surface area contributed by atoms with Crippen LogP contribution in [0.2, 0.25) is 5.02 Å². The van der Waals surface area contributed by atoms with Crippen molar-refractivity contribution < 1.29 is 28.5 Å². The molecule has 9 heteroatoms. The fourth-order valence-electron chi connectivity index (χ4n) is 2.29. The summed E-state index contributed by atoms with van der Waals surface area (Å²) in [6, 6.07) is 10.3. The van der Waals surface area contributed by atoms with E-state index in [0.717, 1.165) is 11.3 Å². The van der Waals surface area contributed by atoms with Crippen LogP contribution in [0.5, 0.6) is 17.2 Å². The highest BCUT2D eigenvalue weighted by molar-refractivity contribution is 6.32. The molecule has 0 unspecified atom stereocenters. The lowest BCUT2D eigenvalue weighted by Crippen LogP contribution is -2.19. The van der Waals surface area contributed by atoms with Gasteiger partial charge in [-0.25, -0.2) is 10.2 Å². The molecule has 0 saturated heterocycles. The van der Waals surface area contributed by atoms with Crippen molar-refractivity contribution in [3.8, 4) is 17.2 Å². The van der Waals surface area contributed by atoms with Crippen LogP contribution in [0.1, 0.15) is 11.1 Å². The Morgan fingerprint density at radius 3 is 2.45 bits per heavy atom. The van der Waals surface area contributed by atoms with E-state index >= 15 is 0 Å². The van der Waals surface area contributed by atoms with E-state index in [2.05, 4.69) is 15.3 Å². The van der Waals surface area contributed by atoms with Gasteiger partial charge in [-0.3, -0.25) is 4.79 Å². The highest BCUT2D eigenvalue weighted by Gasteiger charge is 2.13. The molecule has 2 rings (SSSR count). The zero-order valence-electron chi connectivity index (χ0n) is 16.2. The minimum Gasteiger partial charge on any atom is -0.497 e. The Morgan fingerprint density at radius 1 is 1.10 bits per heavy atom. The van der Waals surface area contributed by atoms with Crippen molar-refractivity contribution in [2.24, 2.45) is 5.10 Å². The van der Waals surface area contributed by atoms with Crippen LogP contribution in [-0.2, 0) is 20.7 Å². The molecule has 0 aromatic heterocycles. The predicted octanol–water partition coefficient (Wildman–Crippen LogP) is 2.60. The zero-order chi connectivity index (χ0) is 21.2. The number of methoxy groups -OCH3 is 3. The van der Waals surface area contributed by atoms with E-state index in [1.54, 1.807) is 43.5 Å². The molecular formula is C20H21ClN2O6. The number of nitrogens with zero attached hydrogens (tertiary/aromatic N) is 1. The van der Waals surface area contributed by atoms with Gasteiger partial charge in [0.1, 0.15) is 5.75 Å². The van der Waals surface area contributed by atoms with Gasteiger partial charge in [-0.1, -0.05) is 23.7 Å². The van der Waals surface area contributed by atoms with Crippen molar-refractivity contribution in [2.75, 3.05) is 27.9 Å². The maximum Gasteiger partial charge on any atom is 0.343 e. The van der Waals surface area contributed by atoms with Crippen LogP contribution >= 0.6 is 11.6 Å². The van der Waals surface area contributed by atoms with Gasteiger partial charge in [0.2, 0.25) is 5.91 Å². The molecule has 0 spiro atoms. The first kappa shape index (κ1) is 22.0. The Morgan fingerprint density at radius 2 is 1.83 bits per heavy atom. The average Bonchev–Trinajstić information content (AvgIpc) is 2.72. The topological polar surface area (TPSA) is 95.5 Å². The molecule has 29 heavy (non-hydrogen) atoms. The summed E-state index contributed by atoms with van der Waals surface area (Å²) in [5.41, 5.74) is 3.85. The number of hydrogen-bond donors (Lipinski definition) is 1. The van der Waals surface area contributed by atoms with Gasteiger partial charge in [-0.05, 0) is 35.4 Å². The van der Waals surface area contributed by atoms with Crippen LogP contribution < -0.4 is 19.6 Å². The van der Waals surface area contributed by atoms with Crippen LogP contribution in [0.25, 0.3) is 0 Å². The molecule has 2 aromatic rings. The molecule has 0 atom stereocenters. The van der Waals surface area contributed by atoms with E-state index in [-0.39, 0.29) is 29.7 Å². The molecule has 0 aliphatic rings. The fraction of sp³-hybridized carbons (Fsp3) is 0.250. The van der Waals surface area contributed by atoms with Crippen LogP contribution in [0, 0.1) is 0 Å². The van der Waals surface area contributed by atoms with E-state index in [9.17, 15) is 9.59 Å². The number of hydrogen-bond acceptors (Lipinski definition) is 7. The van der Waals surface area contributed by atoms with Crippen molar-refractivity contribution in [1.29, 1.82) is 0 Å². The van der Waals surface area contributed by atoms with Crippen LogP contribution in [0.3, 0.4) is 0 Å². The zero-order valence-corrected chi connectivity index (χ0v) is 17.0. The van der Waals surface area contributed by atoms with E-state index in [1.165, 1.54) is 20.4 Å². The summed E-state index contributed by atoms with van der Waals surface area (Å²) in [7, 11) is 4.27. The largest absolute Gasteiger partial charge is 0.497 e. The second-order valence-corrected chi connectivity index (χ2v) is 6.12. The molecule has 0 fully saturated rings. The van der Waals surface area contributed by atoms with Crippen LogP contribution in [0.15, 0.2) is 41.5 Å². The number of benzene rings is 2. The van der Waals surface area contributed by atoms with E-state index < -0.39 is 5.97 Å². The molecule has 2 aromatic carbocycles. The standard InChI is InChI=1S/C20H21ClN2O6/c1-26-15-6-4-13(5-7-15)10-18(24)23-22-11-14-8-16(21)20(17(9-14)27-2)29-12-19(25)28-3/h4-9,11H,10,12H2,1-3H3,(H,23,24)/b22-11-. The van der Waals surface area contributed by atoms with Gasteiger partial charge >= 0.3 is 5.97 Å². The Bertz CT molecular complexity index is 883. The highest BCUT2D eigenvalue weighted by Crippen LogP contribution is 2.36. The maximum absolute atomic E-state index is 12.0. The number of halogens is 1. The van der Waals surface area contributed by atoms with Gasteiger partial charge < -0.3 is 18.9 Å². The minimum absolute atomic E-state index is 0.172. The monoisotopic (exact) mass is 420 g/mol. The lowest BCUT2D eigenvalue weighted by atomic mass is 10.1. The maximum atomic E-state index is 12.0. The molecule has 0 saturated carbocycles. The van der Waals surface area contributed by atoms with Gasteiger partial charge in [-0.15, -0.1) is 0 Å². The molecule has 0 heterocycles. The van der Waals surface area contributed by atoms with Crippen LogP contribution in [-0.4, -0.2) is 46.0 Å². The molecule has 1 amide bonds. The third kappa shape index (κ3) is 6.69. The Kier molecular flexibility index (Phi) is 8.29. The number of amides is 1. The van der Waals surface area contributed by atoms with Gasteiger partial charge in [-0.2, -0.15) is 5.10 Å². The number of hydrazone groups is 1. The summed E-state index contributed by atoms with van der Waals surface area (Å²) in [5, 5.41) is 4.15. The first-order valence-electron chi connectivity index (χ1n) is 8.48. The van der Waals surface area contributed by atoms with Gasteiger partial charge in [0.05, 0.1) is 39.0 Å². The molecule has 1 N–H and O–H groups in total. The first-order chi connectivity index (χ1) is 14.0. The van der Waals surface area contributed by atoms with Gasteiger partial charge in [0, 0.05) is 0 Å². The molecule has 0 bridgehead atoms. The predicted molar refractivity (Wildman–Crippen MR) is 108 cm³/mol. The quantitative estimate of drug-likeness (QED) is 0.380. The fourth-order valence-corrected chi connectivity index (χ4v) is 2.57. The van der Waals surface area contributed by atoms with E-state index in [0.29, 0.717) is 11.3 Å². The van der Waals surface area contributed by atoms with Crippen molar-refractivity contribution in [3.05, 3.63) is 52.5 Å².